The predicted molar refractivity (Wildman–Crippen MR) is 69.6 cm³/mol. The van der Waals surface area contributed by atoms with E-state index in [2.05, 4.69) is 34.7 Å². The van der Waals surface area contributed by atoms with E-state index in [1.807, 2.05) is 0 Å². The molecule has 2 fully saturated rings. The molecule has 0 N–H and O–H groups in total. The van der Waals surface area contributed by atoms with E-state index in [1.54, 1.807) is 0 Å². The molecule has 0 bridgehead atoms. The van der Waals surface area contributed by atoms with E-state index in [0.717, 1.165) is 31.2 Å². The molecule has 1 aliphatic heterocycles. The highest BCUT2D eigenvalue weighted by Crippen LogP contribution is 2.33. The molecule has 1 amide bonds. The van der Waals surface area contributed by atoms with Gasteiger partial charge in [-0.05, 0) is 43.9 Å². The number of nitrogens with zero attached hydrogens (tertiary/aromatic N) is 1. The topological polar surface area (TPSA) is 20.3 Å². The van der Waals surface area contributed by atoms with Crippen molar-refractivity contribution in [1.82, 2.24) is 4.90 Å². The maximum atomic E-state index is 12.1. The van der Waals surface area contributed by atoms with Crippen molar-refractivity contribution in [2.24, 2.45) is 11.8 Å². The monoisotopic (exact) mass is 287 g/mol. The Labute approximate surface area is 107 Å². The number of alkyl halides is 1. The van der Waals surface area contributed by atoms with Crippen molar-refractivity contribution in [2.75, 3.05) is 6.54 Å². The fourth-order valence-electron chi connectivity index (χ4n) is 3.38. The third-order valence-corrected chi connectivity index (χ3v) is 4.85. The normalized spacial score (nSPS) is 41.2. The molecule has 2 rings (SSSR count). The van der Waals surface area contributed by atoms with Crippen LogP contribution in [0.5, 0.6) is 0 Å². The molecule has 1 saturated heterocycles. The van der Waals surface area contributed by atoms with Gasteiger partial charge in [-0.2, -0.15) is 0 Å². The number of piperidine rings is 1. The molecule has 0 aromatic rings. The van der Waals surface area contributed by atoms with E-state index in [1.165, 1.54) is 19.3 Å². The summed E-state index contributed by atoms with van der Waals surface area (Å²) < 4.78 is 0. The number of carbonyl (C=O) groups excluding carboxylic acids is 1. The maximum Gasteiger partial charge on any atom is 0.236 e. The molecular formula is C13H22BrNO. The fraction of sp³-hybridized carbons (Fsp3) is 0.923. The lowest BCUT2D eigenvalue weighted by Gasteiger charge is -2.42. The fourth-order valence-corrected chi connectivity index (χ4v) is 3.96. The van der Waals surface area contributed by atoms with E-state index in [-0.39, 0.29) is 4.83 Å². The van der Waals surface area contributed by atoms with Gasteiger partial charge in [-0.3, -0.25) is 4.79 Å². The van der Waals surface area contributed by atoms with Gasteiger partial charge in [-0.25, -0.2) is 0 Å². The minimum Gasteiger partial charge on any atom is -0.339 e. The first-order valence-electron chi connectivity index (χ1n) is 6.52. The molecule has 1 aliphatic carbocycles. The third-order valence-electron chi connectivity index (χ3n) is 4.00. The van der Waals surface area contributed by atoms with E-state index < -0.39 is 0 Å². The smallest absolute Gasteiger partial charge is 0.236 e. The van der Waals surface area contributed by atoms with Crippen molar-refractivity contribution in [1.29, 1.82) is 0 Å². The second kappa shape index (κ2) is 5.07. The molecule has 1 saturated carbocycles. The highest BCUT2D eigenvalue weighted by molar-refractivity contribution is 9.10. The second-order valence-electron chi connectivity index (χ2n) is 5.71. The number of halogens is 1. The van der Waals surface area contributed by atoms with Crippen molar-refractivity contribution >= 4 is 21.8 Å². The standard InChI is InChI=1S/C13H22BrNO/c1-9-6-10(2)8-11(7-9)15-5-3-4-12(14)13(15)16/h9-12H,3-8H2,1-2H3. The third kappa shape index (κ3) is 2.61. The van der Waals surface area contributed by atoms with Gasteiger partial charge in [-0.1, -0.05) is 29.8 Å². The first-order chi connectivity index (χ1) is 7.58. The Morgan fingerprint density at radius 3 is 2.44 bits per heavy atom. The number of amides is 1. The molecule has 3 unspecified atom stereocenters. The summed E-state index contributed by atoms with van der Waals surface area (Å²) in [5.74, 6) is 1.88. The van der Waals surface area contributed by atoms with Crippen LogP contribution in [0, 0.1) is 11.8 Å². The van der Waals surface area contributed by atoms with E-state index >= 15 is 0 Å². The summed E-state index contributed by atoms with van der Waals surface area (Å²) in [7, 11) is 0. The lowest BCUT2D eigenvalue weighted by molar-refractivity contribution is -0.136. The van der Waals surface area contributed by atoms with Gasteiger partial charge in [0.15, 0.2) is 0 Å². The van der Waals surface area contributed by atoms with Gasteiger partial charge in [0.2, 0.25) is 5.91 Å². The average molecular weight is 288 g/mol. The van der Waals surface area contributed by atoms with E-state index in [4.69, 9.17) is 0 Å². The number of carbonyl (C=O) groups is 1. The van der Waals surface area contributed by atoms with Crippen LogP contribution in [0.25, 0.3) is 0 Å². The maximum absolute atomic E-state index is 12.1. The van der Waals surface area contributed by atoms with Gasteiger partial charge in [0, 0.05) is 12.6 Å². The molecule has 1 heterocycles. The van der Waals surface area contributed by atoms with Gasteiger partial charge in [0.1, 0.15) is 0 Å². The molecule has 3 atom stereocenters. The Morgan fingerprint density at radius 2 is 1.81 bits per heavy atom. The molecule has 0 radical (unpaired) electrons. The van der Waals surface area contributed by atoms with Gasteiger partial charge >= 0.3 is 0 Å². The summed E-state index contributed by atoms with van der Waals surface area (Å²) in [5, 5.41) is 0. The zero-order valence-electron chi connectivity index (χ0n) is 10.3. The van der Waals surface area contributed by atoms with Crippen molar-refractivity contribution in [3.8, 4) is 0 Å². The number of hydrogen-bond donors (Lipinski definition) is 0. The van der Waals surface area contributed by atoms with Gasteiger partial charge in [-0.15, -0.1) is 0 Å². The predicted octanol–water partition coefficient (Wildman–Crippen LogP) is 3.20. The molecule has 2 aliphatic rings. The number of hydrogen-bond acceptors (Lipinski definition) is 1. The Morgan fingerprint density at radius 1 is 1.19 bits per heavy atom. The van der Waals surface area contributed by atoms with Crippen molar-refractivity contribution < 1.29 is 4.79 Å². The van der Waals surface area contributed by atoms with Crippen LogP contribution in [0.2, 0.25) is 0 Å². The molecule has 16 heavy (non-hydrogen) atoms. The molecule has 3 heteroatoms. The summed E-state index contributed by atoms with van der Waals surface area (Å²) >= 11 is 3.50. The van der Waals surface area contributed by atoms with Crippen LogP contribution in [0.15, 0.2) is 0 Å². The molecular weight excluding hydrogens is 266 g/mol. The Bertz CT molecular complexity index is 259. The quantitative estimate of drug-likeness (QED) is 0.679. The van der Waals surface area contributed by atoms with E-state index in [0.29, 0.717) is 11.9 Å². The Kier molecular flexibility index (Phi) is 3.93. The highest BCUT2D eigenvalue weighted by Gasteiger charge is 2.35. The Hall–Kier alpha value is -0.0500. The van der Waals surface area contributed by atoms with Crippen molar-refractivity contribution in [3.63, 3.8) is 0 Å². The second-order valence-corrected chi connectivity index (χ2v) is 6.82. The van der Waals surface area contributed by atoms with Gasteiger partial charge < -0.3 is 4.90 Å². The highest BCUT2D eigenvalue weighted by atomic mass is 79.9. The average Bonchev–Trinajstić information content (AvgIpc) is 2.20. The van der Waals surface area contributed by atoms with Crippen LogP contribution in [0.1, 0.15) is 46.0 Å². The van der Waals surface area contributed by atoms with Crippen LogP contribution in [-0.4, -0.2) is 28.2 Å². The lowest BCUT2D eigenvalue weighted by Crippen LogP contribution is -2.50. The Balaban J connectivity index is 2.02. The largest absolute Gasteiger partial charge is 0.339 e. The summed E-state index contributed by atoms with van der Waals surface area (Å²) in [5.41, 5.74) is 0. The SMILES string of the molecule is CC1CC(C)CC(N2CCCC(Br)C2=O)C1. The first kappa shape index (κ1) is 12.4. The van der Waals surface area contributed by atoms with Crippen molar-refractivity contribution in [3.05, 3.63) is 0 Å². The van der Waals surface area contributed by atoms with Crippen LogP contribution >= 0.6 is 15.9 Å². The zero-order valence-corrected chi connectivity index (χ0v) is 11.9. The molecule has 0 spiro atoms. The van der Waals surface area contributed by atoms with Crippen LogP contribution in [-0.2, 0) is 4.79 Å². The number of likely N-dealkylation sites (tertiary alicyclic amines) is 1. The lowest BCUT2D eigenvalue weighted by atomic mass is 9.79. The molecule has 92 valence electrons. The van der Waals surface area contributed by atoms with Crippen LogP contribution in [0.3, 0.4) is 0 Å². The first-order valence-corrected chi connectivity index (χ1v) is 7.44. The molecule has 0 aromatic carbocycles. The molecule has 2 nitrogen and oxygen atoms in total. The number of rotatable bonds is 1. The molecule has 0 aromatic heterocycles. The van der Waals surface area contributed by atoms with Crippen LogP contribution in [0.4, 0.5) is 0 Å². The zero-order chi connectivity index (χ0) is 11.7. The summed E-state index contributed by atoms with van der Waals surface area (Å²) in [6.45, 7) is 5.62. The van der Waals surface area contributed by atoms with Gasteiger partial charge in [0.05, 0.1) is 4.83 Å². The van der Waals surface area contributed by atoms with Gasteiger partial charge in [0.25, 0.3) is 0 Å². The summed E-state index contributed by atoms with van der Waals surface area (Å²) in [4.78, 5) is 14.3. The van der Waals surface area contributed by atoms with E-state index in [9.17, 15) is 4.79 Å². The minimum absolute atomic E-state index is 0.0776. The summed E-state index contributed by atoms with van der Waals surface area (Å²) in [6, 6.07) is 0.506. The van der Waals surface area contributed by atoms with Crippen LogP contribution < -0.4 is 0 Å². The summed E-state index contributed by atoms with van der Waals surface area (Å²) in [6.07, 6.45) is 5.90. The minimum atomic E-state index is 0.0776. The van der Waals surface area contributed by atoms with Crippen molar-refractivity contribution in [2.45, 2.75) is 56.8 Å².